The lowest BCUT2D eigenvalue weighted by molar-refractivity contribution is 0.0572. The van der Waals surface area contributed by atoms with Crippen molar-refractivity contribution in [3.05, 3.63) is 36.0 Å². The smallest absolute Gasteiger partial charge is 0.240 e. The first-order chi connectivity index (χ1) is 13.9. The van der Waals surface area contributed by atoms with Crippen molar-refractivity contribution in [1.29, 1.82) is 5.26 Å². The van der Waals surface area contributed by atoms with Crippen LogP contribution in [-0.4, -0.2) is 41.7 Å². The number of aromatic nitrogens is 2. The number of benzene rings is 1. The number of ether oxygens (including phenoxy) is 1. The number of hydrogen-bond donors (Lipinski definition) is 3. The highest BCUT2D eigenvalue weighted by Gasteiger charge is 2.29. The monoisotopic (exact) mass is 415 g/mol. The van der Waals surface area contributed by atoms with Gasteiger partial charge in [0.1, 0.15) is 17.7 Å². The predicted octanol–water partition coefficient (Wildman–Crippen LogP) is 1.82. The molecule has 3 N–H and O–H groups in total. The number of hydrogen-bond acceptors (Lipinski definition) is 8. The van der Waals surface area contributed by atoms with Crippen molar-refractivity contribution in [1.82, 2.24) is 14.7 Å². The van der Waals surface area contributed by atoms with Gasteiger partial charge in [-0.05, 0) is 56.4 Å². The maximum absolute atomic E-state index is 12.2. The maximum Gasteiger partial charge on any atom is 0.240 e. The molecule has 9 nitrogen and oxygen atoms in total. The first-order valence-corrected chi connectivity index (χ1v) is 10.9. The molecule has 1 aromatic carbocycles. The molecule has 2 atom stereocenters. The van der Waals surface area contributed by atoms with Crippen LogP contribution >= 0.6 is 0 Å². The summed E-state index contributed by atoms with van der Waals surface area (Å²) in [7, 11) is -3.51. The van der Waals surface area contributed by atoms with E-state index in [4.69, 9.17) is 4.74 Å². The first kappa shape index (κ1) is 19.6. The minimum atomic E-state index is -3.51. The number of aliphatic hydroxyl groups excluding tert-OH is 1. The molecule has 0 unspecified atom stereocenters. The number of rotatable bonds is 7. The largest absolute Gasteiger partial charge is 0.471 e. The van der Waals surface area contributed by atoms with Gasteiger partial charge in [0.05, 0.1) is 17.2 Å². The van der Waals surface area contributed by atoms with Crippen LogP contribution in [0.4, 0.5) is 11.6 Å². The number of sulfonamides is 1. The summed E-state index contributed by atoms with van der Waals surface area (Å²) in [6.07, 6.45) is 4.34. The lowest BCUT2D eigenvalue weighted by Crippen LogP contribution is -2.26. The number of nitrogens with zero attached hydrogens (tertiary/aromatic N) is 3. The Hall–Kier alpha value is -2.74. The molecule has 29 heavy (non-hydrogen) atoms. The Balaban J connectivity index is 1.48. The van der Waals surface area contributed by atoms with E-state index in [1.54, 1.807) is 12.1 Å². The summed E-state index contributed by atoms with van der Waals surface area (Å²) >= 11 is 0. The Bertz CT molecular complexity index is 1030. The molecule has 0 spiro atoms. The van der Waals surface area contributed by atoms with Crippen molar-refractivity contribution >= 4 is 21.7 Å². The molecule has 0 aliphatic heterocycles. The van der Waals surface area contributed by atoms with E-state index in [9.17, 15) is 18.8 Å². The van der Waals surface area contributed by atoms with Crippen molar-refractivity contribution in [3.8, 4) is 11.9 Å². The van der Waals surface area contributed by atoms with E-state index in [1.165, 1.54) is 18.3 Å². The molecular weight excluding hydrogens is 394 g/mol. The normalized spacial score (nSPS) is 21.5. The van der Waals surface area contributed by atoms with Crippen LogP contribution in [0.5, 0.6) is 5.88 Å². The maximum atomic E-state index is 12.2. The highest BCUT2D eigenvalue weighted by Crippen LogP contribution is 2.27. The number of nitrogens with one attached hydrogen (secondary N) is 2. The summed E-state index contributed by atoms with van der Waals surface area (Å²) < 4.78 is 32.8. The SMILES string of the molecule is N#Cc1cnc(Nc2ccc(S(=O)(=O)NC3CC3)cc2)nc1O[C@@H]1CCC[C@@H]1O. The van der Waals surface area contributed by atoms with E-state index >= 15 is 0 Å². The number of aliphatic hydroxyl groups is 1. The molecule has 0 bridgehead atoms. The van der Waals surface area contributed by atoms with Crippen LogP contribution in [0.3, 0.4) is 0 Å². The fourth-order valence-electron chi connectivity index (χ4n) is 3.12. The molecule has 0 radical (unpaired) electrons. The van der Waals surface area contributed by atoms with Crippen molar-refractivity contribution in [2.24, 2.45) is 0 Å². The van der Waals surface area contributed by atoms with Gasteiger partial charge in [0.15, 0.2) is 0 Å². The Kier molecular flexibility index (Phi) is 5.36. The molecule has 2 fully saturated rings. The molecule has 1 heterocycles. The van der Waals surface area contributed by atoms with E-state index in [0.717, 1.165) is 19.3 Å². The summed E-state index contributed by atoms with van der Waals surface area (Å²) in [5.74, 6) is 0.321. The zero-order chi connectivity index (χ0) is 20.4. The van der Waals surface area contributed by atoms with Gasteiger partial charge in [-0.3, -0.25) is 0 Å². The lowest BCUT2D eigenvalue weighted by Gasteiger charge is -2.17. The molecule has 0 amide bonds. The molecule has 2 saturated carbocycles. The Morgan fingerprint density at radius 1 is 1.17 bits per heavy atom. The lowest BCUT2D eigenvalue weighted by atomic mass is 10.2. The fraction of sp³-hybridized carbons (Fsp3) is 0.421. The summed E-state index contributed by atoms with van der Waals surface area (Å²) in [6.45, 7) is 0. The van der Waals surface area contributed by atoms with Gasteiger partial charge < -0.3 is 15.2 Å². The molecule has 2 aromatic rings. The van der Waals surface area contributed by atoms with Crippen molar-refractivity contribution in [3.63, 3.8) is 0 Å². The van der Waals surface area contributed by atoms with Crippen LogP contribution in [-0.2, 0) is 10.0 Å². The molecular formula is C19H21N5O4S. The van der Waals surface area contributed by atoms with E-state index in [0.29, 0.717) is 18.5 Å². The zero-order valence-electron chi connectivity index (χ0n) is 15.6. The van der Waals surface area contributed by atoms with Crippen molar-refractivity contribution in [2.45, 2.75) is 55.2 Å². The van der Waals surface area contributed by atoms with Crippen LogP contribution in [0, 0.1) is 11.3 Å². The minimum absolute atomic E-state index is 0.0432. The average Bonchev–Trinajstić information content (AvgIpc) is 3.42. The van der Waals surface area contributed by atoms with Gasteiger partial charge in [-0.15, -0.1) is 0 Å². The van der Waals surface area contributed by atoms with E-state index < -0.39 is 22.2 Å². The zero-order valence-corrected chi connectivity index (χ0v) is 16.4. The standard InChI is InChI=1S/C19H21N5O4S/c20-10-12-11-21-19(23-18(12)28-17-3-1-2-16(17)25)22-13-6-8-15(9-7-13)29(26,27)24-14-4-5-14/h6-9,11,14,16-17,24-25H,1-5H2,(H,21,22,23)/t16-,17+/m0/s1. The second-order valence-electron chi connectivity index (χ2n) is 7.22. The number of anilines is 2. The summed E-state index contributed by atoms with van der Waals surface area (Å²) in [4.78, 5) is 8.54. The summed E-state index contributed by atoms with van der Waals surface area (Å²) in [6, 6.07) is 8.27. The third-order valence-corrected chi connectivity index (χ3v) is 6.41. The second-order valence-corrected chi connectivity index (χ2v) is 8.94. The quantitative estimate of drug-likeness (QED) is 0.623. The third kappa shape index (κ3) is 4.64. The van der Waals surface area contributed by atoms with Gasteiger partial charge in [-0.25, -0.2) is 18.1 Å². The van der Waals surface area contributed by atoms with Crippen LogP contribution in [0.25, 0.3) is 0 Å². The minimum Gasteiger partial charge on any atom is -0.471 e. The van der Waals surface area contributed by atoms with E-state index in [2.05, 4.69) is 20.0 Å². The van der Waals surface area contributed by atoms with Gasteiger partial charge in [-0.2, -0.15) is 10.2 Å². The molecule has 1 aromatic heterocycles. The predicted molar refractivity (Wildman–Crippen MR) is 104 cm³/mol. The molecule has 2 aliphatic rings. The summed E-state index contributed by atoms with van der Waals surface area (Å²) in [5, 5.41) is 22.2. The van der Waals surface area contributed by atoms with Crippen molar-refractivity contribution in [2.75, 3.05) is 5.32 Å². The van der Waals surface area contributed by atoms with Crippen molar-refractivity contribution < 1.29 is 18.3 Å². The third-order valence-electron chi connectivity index (χ3n) is 4.87. The van der Waals surface area contributed by atoms with Crippen LogP contribution in [0.15, 0.2) is 35.4 Å². The summed E-state index contributed by atoms with van der Waals surface area (Å²) in [5.41, 5.74) is 0.772. The van der Waals surface area contributed by atoms with Crippen LogP contribution in [0.1, 0.15) is 37.7 Å². The highest BCUT2D eigenvalue weighted by atomic mass is 32.2. The van der Waals surface area contributed by atoms with Gasteiger partial charge in [0.2, 0.25) is 21.9 Å². The molecule has 10 heteroatoms. The molecule has 4 rings (SSSR count). The Morgan fingerprint density at radius 3 is 2.55 bits per heavy atom. The van der Waals surface area contributed by atoms with E-state index in [1.807, 2.05) is 6.07 Å². The first-order valence-electron chi connectivity index (χ1n) is 9.46. The van der Waals surface area contributed by atoms with Gasteiger partial charge in [-0.1, -0.05) is 0 Å². The van der Waals surface area contributed by atoms with Gasteiger partial charge >= 0.3 is 0 Å². The topological polar surface area (TPSA) is 137 Å². The number of nitriles is 1. The Labute approximate surface area is 168 Å². The second kappa shape index (κ2) is 7.94. The van der Waals surface area contributed by atoms with Crippen LogP contribution < -0.4 is 14.8 Å². The highest BCUT2D eigenvalue weighted by molar-refractivity contribution is 7.89. The van der Waals surface area contributed by atoms with E-state index in [-0.39, 0.29) is 28.3 Å². The molecule has 2 aliphatic carbocycles. The van der Waals surface area contributed by atoms with Gasteiger partial charge in [0, 0.05) is 11.7 Å². The molecule has 0 saturated heterocycles. The average molecular weight is 415 g/mol. The molecule has 152 valence electrons. The Morgan fingerprint density at radius 2 is 1.93 bits per heavy atom. The van der Waals surface area contributed by atoms with Gasteiger partial charge in [0.25, 0.3) is 0 Å². The fourth-order valence-corrected chi connectivity index (χ4v) is 4.42. The van der Waals surface area contributed by atoms with Crippen LogP contribution in [0.2, 0.25) is 0 Å².